The Morgan fingerprint density at radius 3 is 2.60 bits per heavy atom. The summed E-state index contributed by atoms with van der Waals surface area (Å²) in [7, 11) is -1.47. The first-order valence-corrected chi connectivity index (χ1v) is 10.3. The average Bonchev–Trinajstić information content (AvgIpc) is 2.58. The van der Waals surface area contributed by atoms with Crippen molar-refractivity contribution in [1.29, 1.82) is 0 Å². The molecule has 0 aromatic heterocycles. The molecule has 0 radical (unpaired) electrons. The van der Waals surface area contributed by atoms with Gasteiger partial charge in [-0.2, -0.15) is 4.31 Å². The van der Waals surface area contributed by atoms with Crippen molar-refractivity contribution in [3.63, 3.8) is 0 Å². The minimum atomic E-state index is -3.11. The number of rotatable bonds is 8. The molecule has 8 heteroatoms. The van der Waals surface area contributed by atoms with E-state index in [2.05, 4.69) is 10.2 Å². The van der Waals surface area contributed by atoms with Crippen molar-refractivity contribution in [1.82, 2.24) is 14.5 Å². The van der Waals surface area contributed by atoms with Gasteiger partial charge in [-0.15, -0.1) is 0 Å². The molecule has 1 aliphatic heterocycles. The van der Waals surface area contributed by atoms with Crippen LogP contribution in [0, 0.1) is 0 Å². The van der Waals surface area contributed by atoms with E-state index in [-0.39, 0.29) is 5.91 Å². The van der Waals surface area contributed by atoms with Gasteiger partial charge in [0, 0.05) is 58.5 Å². The zero-order valence-electron chi connectivity index (χ0n) is 14.9. The topological polar surface area (TPSA) is 79.0 Å². The number of sulfonamides is 1. The summed E-state index contributed by atoms with van der Waals surface area (Å²) in [6.07, 6.45) is 2.03. The lowest BCUT2D eigenvalue weighted by atomic mass is 10.1. The summed E-state index contributed by atoms with van der Waals surface area (Å²) in [6, 6.07) is 7.57. The van der Waals surface area contributed by atoms with E-state index in [1.807, 2.05) is 18.2 Å². The zero-order valence-corrected chi connectivity index (χ0v) is 15.7. The molecule has 1 aromatic carbocycles. The second-order valence-electron chi connectivity index (χ2n) is 6.24. The van der Waals surface area contributed by atoms with Crippen LogP contribution in [0.25, 0.3) is 0 Å². The summed E-state index contributed by atoms with van der Waals surface area (Å²) in [5, 5.41) is 2.88. The molecule has 2 rings (SSSR count). The number of carbonyl (C=O) groups excluding carboxylic acids is 1. The molecule has 140 valence electrons. The Bertz CT molecular complexity index is 670. The number of nitrogens with zero attached hydrogens (tertiary/aromatic N) is 2. The smallest absolute Gasteiger partial charge is 0.251 e. The maximum atomic E-state index is 12.2. The van der Waals surface area contributed by atoms with Gasteiger partial charge in [0.1, 0.15) is 0 Å². The van der Waals surface area contributed by atoms with E-state index in [1.165, 1.54) is 10.6 Å². The number of methoxy groups -OCH3 is 1. The molecule has 0 bridgehead atoms. The van der Waals surface area contributed by atoms with Crippen LogP contribution in [-0.4, -0.2) is 76.2 Å². The molecule has 0 unspecified atom stereocenters. The fraction of sp³-hybridized carbons (Fsp3) is 0.588. The average molecular weight is 369 g/mol. The molecule has 1 saturated heterocycles. The molecule has 1 aromatic rings. The summed E-state index contributed by atoms with van der Waals surface area (Å²) < 4.78 is 29.6. The first kappa shape index (κ1) is 19.8. The van der Waals surface area contributed by atoms with Gasteiger partial charge in [-0.25, -0.2) is 8.42 Å². The summed E-state index contributed by atoms with van der Waals surface area (Å²) >= 11 is 0. The van der Waals surface area contributed by atoms with E-state index in [0.29, 0.717) is 51.4 Å². The SMILES string of the molecule is COCCCNC(=O)c1cccc(CN2CCN(S(C)(=O)=O)CC2)c1. The van der Waals surface area contributed by atoms with Crippen LogP contribution in [0.3, 0.4) is 0 Å². The number of carbonyl (C=O) groups is 1. The van der Waals surface area contributed by atoms with Gasteiger partial charge >= 0.3 is 0 Å². The van der Waals surface area contributed by atoms with Gasteiger partial charge in [0.2, 0.25) is 10.0 Å². The Morgan fingerprint density at radius 2 is 1.96 bits per heavy atom. The molecule has 25 heavy (non-hydrogen) atoms. The highest BCUT2D eigenvalue weighted by Crippen LogP contribution is 2.12. The van der Waals surface area contributed by atoms with Gasteiger partial charge in [0.05, 0.1) is 6.26 Å². The molecule has 1 aliphatic rings. The Morgan fingerprint density at radius 1 is 1.24 bits per heavy atom. The molecule has 0 atom stereocenters. The van der Waals surface area contributed by atoms with Gasteiger partial charge in [0.25, 0.3) is 5.91 Å². The van der Waals surface area contributed by atoms with E-state index in [9.17, 15) is 13.2 Å². The van der Waals surface area contributed by atoms with Crippen molar-refractivity contribution in [2.75, 3.05) is 52.7 Å². The summed E-state index contributed by atoms with van der Waals surface area (Å²) in [5.41, 5.74) is 1.70. The standard InChI is InChI=1S/C17H27N3O4S/c1-24-12-4-7-18-17(21)16-6-3-5-15(13-16)14-19-8-10-20(11-9-19)25(2,22)23/h3,5-6,13H,4,7-12,14H2,1-2H3,(H,18,21). The minimum absolute atomic E-state index is 0.0835. The fourth-order valence-corrected chi connectivity index (χ4v) is 3.64. The summed E-state index contributed by atoms with van der Waals surface area (Å²) in [5.74, 6) is -0.0835. The van der Waals surface area contributed by atoms with Crippen LogP contribution >= 0.6 is 0 Å². The monoisotopic (exact) mass is 369 g/mol. The highest BCUT2D eigenvalue weighted by Gasteiger charge is 2.23. The molecule has 0 aliphatic carbocycles. The molecule has 7 nitrogen and oxygen atoms in total. The van der Waals surface area contributed by atoms with Crippen LogP contribution in [0.4, 0.5) is 0 Å². The summed E-state index contributed by atoms with van der Waals surface area (Å²) in [6.45, 7) is 4.34. The molecule has 1 heterocycles. The van der Waals surface area contributed by atoms with E-state index in [4.69, 9.17) is 4.74 Å². The Hall–Kier alpha value is -1.48. The number of ether oxygens (including phenoxy) is 1. The molecule has 0 saturated carbocycles. The first-order valence-electron chi connectivity index (χ1n) is 8.43. The lowest BCUT2D eigenvalue weighted by molar-refractivity contribution is 0.0948. The molecule has 0 spiro atoms. The van der Waals surface area contributed by atoms with E-state index in [1.54, 1.807) is 13.2 Å². The number of benzene rings is 1. The van der Waals surface area contributed by atoms with Crippen LogP contribution in [0.5, 0.6) is 0 Å². The van der Waals surface area contributed by atoms with Crippen molar-refractivity contribution in [3.8, 4) is 0 Å². The third-order valence-electron chi connectivity index (χ3n) is 4.21. The van der Waals surface area contributed by atoms with Crippen molar-refractivity contribution >= 4 is 15.9 Å². The normalized spacial score (nSPS) is 16.7. The van der Waals surface area contributed by atoms with Gasteiger partial charge in [-0.3, -0.25) is 9.69 Å². The predicted octanol–water partition coefficient (Wildman–Crippen LogP) is 0.530. The zero-order chi connectivity index (χ0) is 18.3. The second-order valence-corrected chi connectivity index (χ2v) is 8.22. The largest absolute Gasteiger partial charge is 0.385 e. The fourth-order valence-electron chi connectivity index (χ4n) is 2.81. The van der Waals surface area contributed by atoms with E-state index >= 15 is 0 Å². The first-order chi connectivity index (χ1) is 11.9. The Labute approximate surface area is 150 Å². The highest BCUT2D eigenvalue weighted by atomic mass is 32.2. The molecular formula is C17H27N3O4S. The van der Waals surface area contributed by atoms with Gasteiger partial charge in [-0.05, 0) is 24.1 Å². The lowest BCUT2D eigenvalue weighted by Gasteiger charge is -2.33. The van der Waals surface area contributed by atoms with Gasteiger partial charge in [0.15, 0.2) is 0 Å². The predicted molar refractivity (Wildman–Crippen MR) is 97.0 cm³/mol. The summed E-state index contributed by atoms with van der Waals surface area (Å²) in [4.78, 5) is 14.4. The van der Waals surface area contributed by atoms with Gasteiger partial charge < -0.3 is 10.1 Å². The van der Waals surface area contributed by atoms with Crippen molar-refractivity contribution < 1.29 is 17.9 Å². The van der Waals surface area contributed by atoms with Crippen LogP contribution < -0.4 is 5.32 Å². The number of hydrogen-bond donors (Lipinski definition) is 1. The molecular weight excluding hydrogens is 342 g/mol. The lowest BCUT2D eigenvalue weighted by Crippen LogP contribution is -2.47. The van der Waals surface area contributed by atoms with Crippen molar-refractivity contribution in [2.24, 2.45) is 0 Å². The van der Waals surface area contributed by atoms with Crippen LogP contribution in [-0.2, 0) is 21.3 Å². The Balaban J connectivity index is 1.86. The third kappa shape index (κ3) is 6.39. The van der Waals surface area contributed by atoms with E-state index < -0.39 is 10.0 Å². The Kier molecular flexibility index (Phi) is 7.37. The molecule has 1 amide bonds. The number of amides is 1. The van der Waals surface area contributed by atoms with Crippen LogP contribution in [0.2, 0.25) is 0 Å². The number of hydrogen-bond acceptors (Lipinski definition) is 5. The number of nitrogens with one attached hydrogen (secondary N) is 1. The van der Waals surface area contributed by atoms with Crippen molar-refractivity contribution in [2.45, 2.75) is 13.0 Å². The van der Waals surface area contributed by atoms with Crippen LogP contribution in [0.1, 0.15) is 22.3 Å². The molecule has 1 fully saturated rings. The van der Waals surface area contributed by atoms with Crippen LogP contribution in [0.15, 0.2) is 24.3 Å². The maximum Gasteiger partial charge on any atom is 0.251 e. The minimum Gasteiger partial charge on any atom is -0.385 e. The van der Waals surface area contributed by atoms with Crippen molar-refractivity contribution in [3.05, 3.63) is 35.4 Å². The van der Waals surface area contributed by atoms with E-state index in [0.717, 1.165) is 12.0 Å². The highest BCUT2D eigenvalue weighted by molar-refractivity contribution is 7.88. The number of piperazine rings is 1. The third-order valence-corrected chi connectivity index (χ3v) is 5.51. The second kappa shape index (κ2) is 9.28. The molecule has 1 N–H and O–H groups in total. The maximum absolute atomic E-state index is 12.2. The quantitative estimate of drug-likeness (QED) is 0.676. The van der Waals surface area contributed by atoms with Gasteiger partial charge in [-0.1, -0.05) is 12.1 Å².